The number of ether oxygens (including phenoxy) is 1. The zero-order valence-corrected chi connectivity index (χ0v) is 10.9. The maximum absolute atomic E-state index is 5.10. The first-order valence-electron chi connectivity index (χ1n) is 4.77. The van der Waals surface area contributed by atoms with Crippen LogP contribution in [0.5, 0.6) is 0 Å². The van der Waals surface area contributed by atoms with Crippen molar-refractivity contribution in [3.05, 3.63) is 47.2 Å². The molecule has 0 aliphatic carbocycles. The minimum atomic E-state index is 0.579. The van der Waals surface area contributed by atoms with E-state index in [9.17, 15) is 0 Å². The molecule has 0 fully saturated rings. The van der Waals surface area contributed by atoms with Gasteiger partial charge in [0.15, 0.2) is 0 Å². The van der Waals surface area contributed by atoms with Gasteiger partial charge in [0.1, 0.15) is 12.1 Å². The normalized spacial score (nSPS) is 12.1. The molecule has 5 heteroatoms. The molecule has 0 saturated heterocycles. The van der Waals surface area contributed by atoms with E-state index in [2.05, 4.69) is 32.6 Å². The highest BCUT2D eigenvalue weighted by Gasteiger charge is 1.97. The molecule has 4 nitrogen and oxygen atoms in total. The summed E-state index contributed by atoms with van der Waals surface area (Å²) in [5.74, 6) is 0.806. The minimum Gasteiger partial charge on any atom is -0.497 e. The Bertz CT molecular complexity index is 421. The second-order valence-electron chi connectivity index (χ2n) is 3.10. The molecule has 0 unspecified atom stereocenters. The summed E-state index contributed by atoms with van der Waals surface area (Å²) in [7, 11) is 1.64. The van der Waals surface area contributed by atoms with Gasteiger partial charge in [-0.25, -0.2) is 9.67 Å². The van der Waals surface area contributed by atoms with Gasteiger partial charge in [0.25, 0.3) is 0 Å². The lowest BCUT2D eigenvalue weighted by molar-refractivity contribution is 0.306. The molecule has 0 aliphatic rings. The molecule has 0 saturated carbocycles. The molecule has 0 spiro atoms. The van der Waals surface area contributed by atoms with Crippen LogP contribution in [0.3, 0.4) is 0 Å². The fraction of sp³-hybridized carbons (Fsp3) is 0.273. The fourth-order valence-corrected chi connectivity index (χ4v) is 1.39. The minimum absolute atomic E-state index is 0.579. The predicted octanol–water partition coefficient (Wildman–Crippen LogP) is 2.70. The van der Waals surface area contributed by atoms with E-state index in [1.54, 1.807) is 18.1 Å². The van der Waals surface area contributed by atoms with Gasteiger partial charge in [-0.05, 0) is 40.6 Å². The van der Waals surface area contributed by atoms with E-state index < -0.39 is 0 Å². The molecule has 0 radical (unpaired) electrons. The van der Waals surface area contributed by atoms with E-state index >= 15 is 0 Å². The van der Waals surface area contributed by atoms with Crippen LogP contribution in [-0.4, -0.2) is 21.9 Å². The first kappa shape index (κ1) is 12.7. The molecular weight excluding hydrogens is 270 g/mol. The van der Waals surface area contributed by atoms with Crippen LogP contribution in [0.15, 0.2) is 47.2 Å². The van der Waals surface area contributed by atoms with Crippen molar-refractivity contribution in [1.82, 2.24) is 14.8 Å². The monoisotopic (exact) mass is 283 g/mol. The summed E-state index contributed by atoms with van der Waals surface area (Å²) in [5, 5.41) is 4.10. The van der Waals surface area contributed by atoms with Crippen LogP contribution in [0.25, 0.3) is 0 Å². The Morgan fingerprint density at radius 3 is 2.88 bits per heavy atom. The van der Waals surface area contributed by atoms with Gasteiger partial charge in [0.2, 0.25) is 4.73 Å². The molecule has 0 aliphatic heterocycles. The van der Waals surface area contributed by atoms with Crippen molar-refractivity contribution in [2.45, 2.75) is 13.5 Å². The van der Waals surface area contributed by atoms with E-state index in [0.717, 1.165) is 11.3 Å². The van der Waals surface area contributed by atoms with Crippen LogP contribution in [-0.2, 0) is 11.3 Å². The zero-order chi connectivity index (χ0) is 12.0. The molecule has 1 heterocycles. The summed E-state index contributed by atoms with van der Waals surface area (Å²) in [6.45, 7) is 6.45. The summed E-state index contributed by atoms with van der Waals surface area (Å²) in [6.07, 6.45) is 7.30. The number of halogens is 1. The number of allylic oxidation sites excluding steroid dienone is 4. The van der Waals surface area contributed by atoms with Gasteiger partial charge >= 0.3 is 0 Å². The van der Waals surface area contributed by atoms with Gasteiger partial charge in [-0.1, -0.05) is 12.7 Å². The number of methoxy groups -OCH3 is 1. The summed E-state index contributed by atoms with van der Waals surface area (Å²) in [4.78, 5) is 3.96. The van der Waals surface area contributed by atoms with Crippen LogP contribution in [0.1, 0.15) is 6.92 Å². The third-order valence-electron chi connectivity index (χ3n) is 1.88. The number of hydrogen-bond donors (Lipinski definition) is 0. The molecule has 86 valence electrons. The molecule has 0 amide bonds. The van der Waals surface area contributed by atoms with E-state index in [4.69, 9.17) is 4.74 Å². The largest absolute Gasteiger partial charge is 0.497 e. The highest BCUT2D eigenvalue weighted by Crippen LogP contribution is 2.05. The number of rotatable bonds is 5. The van der Waals surface area contributed by atoms with Crippen LogP contribution >= 0.6 is 15.9 Å². The highest BCUT2D eigenvalue weighted by atomic mass is 79.9. The molecule has 0 bridgehead atoms. The molecule has 1 rings (SSSR count). The highest BCUT2D eigenvalue weighted by molar-refractivity contribution is 9.10. The standard InChI is InChI=1S/C11H14BrN3O/c1-4-10(16-3)6-5-9(2)7-15-8-13-11(12)14-15/h4-6,8H,2,7H2,1,3H3/b6-5-,10-4+. The van der Waals surface area contributed by atoms with Crippen molar-refractivity contribution in [2.24, 2.45) is 0 Å². The molecule has 1 aromatic heterocycles. The van der Waals surface area contributed by atoms with Crippen LogP contribution in [0.2, 0.25) is 0 Å². The molecule has 0 atom stereocenters. The first-order chi connectivity index (χ1) is 7.65. The van der Waals surface area contributed by atoms with Gasteiger partial charge in [-0.2, -0.15) is 0 Å². The lowest BCUT2D eigenvalue weighted by Crippen LogP contribution is -1.99. The lowest BCUT2D eigenvalue weighted by Gasteiger charge is -2.01. The number of aromatic nitrogens is 3. The van der Waals surface area contributed by atoms with E-state index in [1.165, 1.54) is 0 Å². The van der Waals surface area contributed by atoms with Crippen molar-refractivity contribution < 1.29 is 4.74 Å². The second-order valence-corrected chi connectivity index (χ2v) is 3.81. The second kappa shape index (κ2) is 6.27. The summed E-state index contributed by atoms with van der Waals surface area (Å²) in [5.41, 5.74) is 0.925. The average molecular weight is 284 g/mol. The Balaban J connectivity index is 2.54. The van der Waals surface area contributed by atoms with Crippen LogP contribution in [0, 0.1) is 0 Å². The average Bonchev–Trinajstić information content (AvgIpc) is 2.65. The van der Waals surface area contributed by atoms with Crippen molar-refractivity contribution >= 4 is 15.9 Å². The Labute approximate surface area is 103 Å². The van der Waals surface area contributed by atoms with Gasteiger partial charge < -0.3 is 4.74 Å². The fourth-order valence-electron chi connectivity index (χ4n) is 1.09. The molecule has 1 aromatic rings. The number of nitrogens with zero attached hydrogens (tertiary/aromatic N) is 3. The Hall–Kier alpha value is -1.36. The maximum atomic E-state index is 5.10. The topological polar surface area (TPSA) is 39.9 Å². The lowest BCUT2D eigenvalue weighted by atomic mass is 10.2. The molecular formula is C11H14BrN3O. The SMILES string of the molecule is C=C(/C=C\C(=C/C)OC)Cn1cnc(Br)n1. The van der Waals surface area contributed by atoms with E-state index in [1.807, 2.05) is 25.2 Å². The summed E-state index contributed by atoms with van der Waals surface area (Å²) < 4.78 is 7.38. The van der Waals surface area contributed by atoms with Crippen LogP contribution < -0.4 is 0 Å². The smallest absolute Gasteiger partial charge is 0.217 e. The summed E-state index contributed by atoms with van der Waals surface area (Å²) >= 11 is 3.19. The molecule has 0 N–H and O–H groups in total. The molecule has 0 aromatic carbocycles. The van der Waals surface area contributed by atoms with E-state index in [-0.39, 0.29) is 0 Å². The van der Waals surface area contributed by atoms with Crippen molar-refractivity contribution in [1.29, 1.82) is 0 Å². The van der Waals surface area contributed by atoms with Gasteiger partial charge in [0, 0.05) is 0 Å². The van der Waals surface area contributed by atoms with Gasteiger partial charge in [-0.3, -0.25) is 0 Å². The Morgan fingerprint density at radius 2 is 2.38 bits per heavy atom. The van der Waals surface area contributed by atoms with E-state index in [0.29, 0.717) is 11.3 Å². The molecule has 16 heavy (non-hydrogen) atoms. The van der Waals surface area contributed by atoms with Crippen molar-refractivity contribution in [2.75, 3.05) is 7.11 Å². The van der Waals surface area contributed by atoms with Crippen LogP contribution in [0.4, 0.5) is 0 Å². The zero-order valence-electron chi connectivity index (χ0n) is 9.35. The quantitative estimate of drug-likeness (QED) is 0.616. The summed E-state index contributed by atoms with van der Waals surface area (Å²) in [6, 6.07) is 0. The third kappa shape index (κ3) is 4.02. The maximum Gasteiger partial charge on any atom is 0.217 e. The van der Waals surface area contributed by atoms with Crippen molar-refractivity contribution in [3.8, 4) is 0 Å². The Morgan fingerprint density at radius 1 is 1.62 bits per heavy atom. The third-order valence-corrected chi connectivity index (χ3v) is 2.24. The van der Waals surface area contributed by atoms with Gasteiger partial charge in [0.05, 0.1) is 13.7 Å². The van der Waals surface area contributed by atoms with Crippen molar-refractivity contribution in [3.63, 3.8) is 0 Å². The Kier molecular flexibility index (Phi) is 4.98. The predicted molar refractivity (Wildman–Crippen MR) is 66.8 cm³/mol. The van der Waals surface area contributed by atoms with Gasteiger partial charge in [-0.15, -0.1) is 5.10 Å². The number of hydrogen-bond acceptors (Lipinski definition) is 3. The first-order valence-corrected chi connectivity index (χ1v) is 5.56.